The SMILES string of the molecule is CCC(C)CCCCCCCCCCCCCCCCCCCCC(=O)O[C@H](COC(=O)CCCCCCCCCCCCCC(C)C)COP(=O)(O)OCC(O)COP(=O)(O)OC[C@@H](COC(=O)CCCCCCCCCCC(C)C)OC(=O)CCCCCCCCCCC(C)CC. The van der Waals surface area contributed by atoms with Crippen molar-refractivity contribution >= 4 is 39.5 Å². The second-order valence-electron chi connectivity index (χ2n) is 30.2. The predicted molar refractivity (Wildman–Crippen MR) is 404 cm³/mol. The molecule has 7 atom stereocenters. The van der Waals surface area contributed by atoms with Crippen molar-refractivity contribution in [3.8, 4) is 0 Å². The highest BCUT2D eigenvalue weighted by molar-refractivity contribution is 7.47. The zero-order chi connectivity index (χ0) is 73.1. The van der Waals surface area contributed by atoms with Gasteiger partial charge in [-0.3, -0.25) is 37.3 Å². The predicted octanol–water partition coefficient (Wildman–Crippen LogP) is 23.6. The maximum atomic E-state index is 13.1. The van der Waals surface area contributed by atoms with Gasteiger partial charge in [-0.25, -0.2) is 9.13 Å². The Hall–Kier alpha value is -1.94. The number of hydrogen-bond acceptors (Lipinski definition) is 15. The first-order valence-corrected chi connectivity index (χ1v) is 44.3. The zero-order valence-corrected chi connectivity index (χ0v) is 66.9. The standard InChI is InChI=1S/C80H156O17P2/c1-9-72(7)58-50-42-34-25-21-17-15-13-11-12-14-16-18-22-27-38-46-54-62-79(84)96-75(66-90-77(82)60-52-44-36-26-23-19-20-24-32-40-48-56-70(3)4)68-94-98(86,87)92-64-74(81)65-93-99(88,89)95-69-76(67-91-78(83)61-53-45-37-30-28-33-41-49-57-71(5)6)97-80(85)63-55-47-39-31-29-35-43-51-59-73(8)10-2/h70-76,81H,9-69H2,1-8H3,(H,86,87)(H,88,89)/t72?,73?,74?,75-,76-/m1/s1. The average molecular weight is 1450 g/mol. The maximum Gasteiger partial charge on any atom is 0.472 e. The van der Waals surface area contributed by atoms with Crippen molar-refractivity contribution < 1.29 is 80.2 Å². The van der Waals surface area contributed by atoms with Crippen LogP contribution in [0.15, 0.2) is 0 Å². The molecule has 0 bridgehead atoms. The Morgan fingerprint density at radius 3 is 0.717 bits per heavy atom. The van der Waals surface area contributed by atoms with Crippen LogP contribution >= 0.6 is 15.6 Å². The summed E-state index contributed by atoms with van der Waals surface area (Å²) in [6.07, 6.45) is 55.5. The van der Waals surface area contributed by atoms with Gasteiger partial charge in [-0.15, -0.1) is 0 Å². The molecule has 19 heteroatoms. The lowest BCUT2D eigenvalue weighted by atomic mass is 9.99. The number of phosphoric ester groups is 2. The minimum Gasteiger partial charge on any atom is -0.462 e. The molecule has 0 aromatic carbocycles. The summed E-state index contributed by atoms with van der Waals surface area (Å²) in [6, 6.07) is 0. The highest BCUT2D eigenvalue weighted by Crippen LogP contribution is 2.45. The van der Waals surface area contributed by atoms with E-state index in [0.717, 1.165) is 114 Å². The average Bonchev–Trinajstić information content (AvgIpc) is 1.21. The number of aliphatic hydroxyl groups excluding tert-OH is 1. The van der Waals surface area contributed by atoms with E-state index >= 15 is 0 Å². The molecule has 0 fully saturated rings. The van der Waals surface area contributed by atoms with Crippen LogP contribution < -0.4 is 0 Å². The monoisotopic (exact) mass is 1450 g/mol. The summed E-state index contributed by atoms with van der Waals surface area (Å²) < 4.78 is 68.6. The topological polar surface area (TPSA) is 237 Å². The van der Waals surface area contributed by atoms with Crippen molar-refractivity contribution in [1.82, 2.24) is 0 Å². The summed E-state index contributed by atoms with van der Waals surface area (Å²) in [4.78, 5) is 72.9. The molecule has 5 unspecified atom stereocenters. The molecule has 3 N–H and O–H groups in total. The smallest absolute Gasteiger partial charge is 0.462 e. The van der Waals surface area contributed by atoms with E-state index < -0.39 is 97.5 Å². The third-order valence-electron chi connectivity index (χ3n) is 19.3. The fourth-order valence-corrected chi connectivity index (χ4v) is 13.8. The first-order chi connectivity index (χ1) is 47.7. The van der Waals surface area contributed by atoms with E-state index in [1.54, 1.807) is 0 Å². The van der Waals surface area contributed by atoms with Crippen molar-refractivity contribution in [1.29, 1.82) is 0 Å². The van der Waals surface area contributed by atoms with E-state index in [1.807, 2.05) is 0 Å². The Kier molecular flexibility index (Phi) is 67.8. The molecule has 0 saturated heterocycles. The van der Waals surface area contributed by atoms with Crippen LogP contribution in [0.5, 0.6) is 0 Å². The third-order valence-corrected chi connectivity index (χ3v) is 21.2. The van der Waals surface area contributed by atoms with Crippen molar-refractivity contribution in [2.45, 2.75) is 427 Å². The van der Waals surface area contributed by atoms with Crippen LogP contribution in [0.2, 0.25) is 0 Å². The van der Waals surface area contributed by atoms with E-state index in [1.165, 1.54) is 212 Å². The number of rotatable bonds is 77. The molecule has 0 aliphatic carbocycles. The summed E-state index contributed by atoms with van der Waals surface area (Å²) in [5, 5.41) is 10.6. The summed E-state index contributed by atoms with van der Waals surface area (Å²) >= 11 is 0. The first kappa shape index (κ1) is 97.1. The Bertz CT molecular complexity index is 1940. The number of hydrogen-bond donors (Lipinski definition) is 3. The van der Waals surface area contributed by atoms with Crippen LogP contribution in [0.3, 0.4) is 0 Å². The van der Waals surface area contributed by atoms with E-state index in [0.29, 0.717) is 25.7 Å². The Morgan fingerprint density at radius 2 is 0.485 bits per heavy atom. The van der Waals surface area contributed by atoms with Crippen LogP contribution in [0.1, 0.15) is 409 Å². The molecule has 99 heavy (non-hydrogen) atoms. The van der Waals surface area contributed by atoms with Gasteiger partial charge in [-0.05, 0) is 49.4 Å². The molecular formula is C80H156O17P2. The molecule has 0 heterocycles. The number of carbonyl (C=O) groups excluding carboxylic acids is 4. The van der Waals surface area contributed by atoms with Gasteiger partial charge >= 0.3 is 39.5 Å². The number of aliphatic hydroxyl groups is 1. The van der Waals surface area contributed by atoms with Gasteiger partial charge < -0.3 is 33.8 Å². The number of carbonyl (C=O) groups is 4. The highest BCUT2D eigenvalue weighted by atomic mass is 31.2. The van der Waals surface area contributed by atoms with Crippen molar-refractivity contribution in [3.05, 3.63) is 0 Å². The molecule has 588 valence electrons. The lowest BCUT2D eigenvalue weighted by Gasteiger charge is -2.21. The van der Waals surface area contributed by atoms with Crippen molar-refractivity contribution in [2.24, 2.45) is 23.7 Å². The van der Waals surface area contributed by atoms with Gasteiger partial charge in [-0.1, -0.05) is 357 Å². The molecule has 0 saturated carbocycles. The second-order valence-corrected chi connectivity index (χ2v) is 33.1. The van der Waals surface area contributed by atoms with Gasteiger partial charge in [-0.2, -0.15) is 0 Å². The van der Waals surface area contributed by atoms with Crippen LogP contribution in [0.25, 0.3) is 0 Å². The molecule has 0 spiro atoms. The lowest BCUT2D eigenvalue weighted by Crippen LogP contribution is -2.30. The van der Waals surface area contributed by atoms with Gasteiger partial charge in [0.25, 0.3) is 0 Å². The minimum absolute atomic E-state index is 0.104. The van der Waals surface area contributed by atoms with Crippen molar-refractivity contribution in [3.63, 3.8) is 0 Å². The molecule has 0 aromatic rings. The fourth-order valence-electron chi connectivity index (χ4n) is 12.2. The second kappa shape index (κ2) is 69.1. The van der Waals surface area contributed by atoms with Gasteiger partial charge in [0.05, 0.1) is 26.4 Å². The quantitative estimate of drug-likeness (QED) is 0.0222. The van der Waals surface area contributed by atoms with E-state index in [2.05, 4.69) is 55.4 Å². The van der Waals surface area contributed by atoms with Crippen LogP contribution in [0, 0.1) is 23.7 Å². The number of esters is 4. The van der Waals surface area contributed by atoms with E-state index in [4.69, 9.17) is 37.0 Å². The molecule has 0 aliphatic heterocycles. The normalized spacial score (nSPS) is 14.6. The van der Waals surface area contributed by atoms with E-state index in [-0.39, 0.29) is 25.7 Å². The van der Waals surface area contributed by atoms with Gasteiger partial charge in [0.1, 0.15) is 19.3 Å². The number of unbranched alkanes of at least 4 members (excludes halogenated alkanes) is 41. The summed E-state index contributed by atoms with van der Waals surface area (Å²) in [5.74, 6) is 1.02. The molecule has 0 amide bonds. The summed E-state index contributed by atoms with van der Waals surface area (Å²) in [5.41, 5.74) is 0. The first-order valence-electron chi connectivity index (χ1n) is 41.3. The summed E-state index contributed by atoms with van der Waals surface area (Å²) in [7, 11) is -9.92. The molecule has 0 aliphatic rings. The van der Waals surface area contributed by atoms with Crippen LogP contribution in [-0.2, 0) is 65.4 Å². The molecule has 0 rings (SSSR count). The molecule has 17 nitrogen and oxygen atoms in total. The molecule has 0 aromatic heterocycles. The van der Waals surface area contributed by atoms with Gasteiger partial charge in [0.2, 0.25) is 0 Å². The number of phosphoric acid groups is 2. The molecule has 0 radical (unpaired) electrons. The van der Waals surface area contributed by atoms with Crippen LogP contribution in [0.4, 0.5) is 0 Å². The number of ether oxygens (including phenoxy) is 4. The van der Waals surface area contributed by atoms with Gasteiger partial charge in [0, 0.05) is 25.7 Å². The van der Waals surface area contributed by atoms with Gasteiger partial charge in [0.15, 0.2) is 12.2 Å². The third kappa shape index (κ3) is 71.5. The fraction of sp³-hybridized carbons (Fsp3) is 0.950. The van der Waals surface area contributed by atoms with Crippen LogP contribution in [-0.4, -0.2) is 96.7 Å². The zero-order valence-electron chi connectivity index (χ0n) is 65.1. The summed E-state index contributed by atoms with van der Waals surface area (Å²) in [6.45, 7) is 14.3. The Morgan fingerprint density at radius 1 is 0.283 bits per heavy atom. The Labute approximate surface area is 607 Å². The van der Waals surface area contributed by atoms with Crippen molar-refractivity contribution in [2.75, 3.05) is 39.6 Å². The Balaban J connectivity index is 5.22. The highest BCUT2D eigenvalue weighted by Gasteiger charge is 2.30. The lowest BCUT2D eigenvalue weighted by molar-refractivity contribution is -0.161. The largest absolute Gasteiger partial charge is 0.472 e. The van der Waals surface area contributed by atoms with E-state index in [9.17, 15) is 43.2 Å². The minimum atomic E-state index is -4.96. The maximum absolute atomic E-state index is 13.1. The molecular weight excluding hydrogens is 1290 g/mol.